The number of hydrogen-bond donors (Lipinski definition) is 1. The van der Waals surface area contributed by atoms with E-state index < -0.39 is 0 Å². The second-order valence-corrected chi connectivity index (χ2v) is 5.20. The third-order valence-electron chi connectivity index (χ3n) is 3.86. The van der Waals surface area contributed by atoms with Crippen LogP contribution in [0.3, 0.4) is 0 Å². The lowest BCUT2D eigenvalue weighted by Gasteiger charge is -2.09. The predicted molar refractivity (Wildman–Crippen MR) is 76.0 cm³/mol. The molecule has 0 bridgehead atoms. The summed E-state index contributed by atoms with van der Waals surface area (Å²) >= 11 is 0. The summed E-state index contributed by atoms with van der Waals surface area (Å²) in [4.78, 5) is 0. The molecule has 1 heterocycles. The van der Waals surface area contributed by atoms with Crippen LogP contribution in [-0.2, 0) is 0 Å². The maximum Gasteiger partial charge on any atom is 0.175 e. The fourth-order valence-electron chi connectivity index (χ4n) is 2.54. The lowest BCUT2D eigenvalue weighted by atomic mass is 10.0. The number of ether oxygens (including phenoxy) is 2. The predicted octanol–water partition coefficient (Wildman–Crippen LogP) is 3.06. The zero-order valence-electron chi connectivity index (χ0n) is 11.8. The first-order valence-electron chi connectivity index (χ1n) is 6.63. The number of anilines is 1. The van der Waals surface area contributed by atoms with E-state index in [4.69, 9.17) is 19.7 Å². The molecule has 106 valence electrons. The van der Waals surface area contributed by atoms with E-state index in [1.54, 1.807) is 14.2 Å². The summed E-state index contributed by atoms with van der Waals surface area (Å²) in [5.74, 6) is 3.70. The van der Waals surface area contributed by atoms with Crippen LogP contribution < -0.4 is 15.2 Å². The molecule has 2 N–H and O–H groups in total. The molecule has 1 saturated carbocycles. The Morgan fingerprint density at radius 3 is 2.55 bits per heavy atom. The van der Waals surface area contributed by atoms with Gasteiger partial charge < -0.3 is 19.7 Å². The number of hydrogen-bond acceptors (Lipinski definition) is 5. The van der Waals surface area contributed by atoms with Crippen LogP contribution in [0.4, 0.5) is 5.82 Å². The highest BCUT2D eigenvalue weighted by atomic mass is 16.5. The summed E-state index contributed by atoms with van der Waals surface area (Å²) in [5, 5.41) is 3.92. The Bertz CT molecular complexity index is 636. The number of nitrogens with two attached hydrogens (primary N) is 1. The number of benzene rings is 1. The van der Waals surface area contributed by atoms with Crippen LogP contribution in [0.15, 0.2) is 22.7 Å². The van der Waals surface area contributed by atoms with E-state index in [9.17, 15) is 0 Å². The van der Waals surface area contributed by atoms with Crippen molar-refractivity contribution >= 4 is 5.82 Å². The van der Waals surface area contributed by atoms with Crippen LogP contribution in [0, 0.1) is 5.92 Å². The van der Waals surface area contributed by atoms with Gasteiger partial charge in [-0.1, -0.05) is 18.1 Å². The molecule has 0 amide bonds. The largest absolute Gasteiger partial charge is 0.493 e. The van der Waals surface area contributed by atoms with Crippen molar-refractivity contribution in [2.45, 2.75) is 19.3 Å². The minimum absolute atomic E-state index is 0.419. The monoisotopic (exact) mass is 274 g/mol. The van der Waals surface area contributed by atoms with E-state index >= 15 is 0 Å². The molecule has 2 unspecified atom stereocenters. The molecule has 0 spiro atoms. The van der Waals surface area contributed by atoms with Gasteiger partial charge in [-0.2, -0.15) is 0 Å². The Kier molecular flexibility index (Phi) is 3.04. The van der Waals surface area contributed by atoms with Crippen LogP contribution in [-0.4, -0.2) is 19.4 Å². The number of nitrogens with zero attached hydrogens (tertiary/aromatic N) is 1. The highest BCUT2D eigenvalue weighted by molar-refractivity contribution is 5.78. The van der Waals surface area contributed by atoms with Gasteiger partial charge >= 0.3 is 0 Å². The second-order valence-electron chi connectivity index (χ2n) is 5.20. The van der Waals surface area contributed by atoms with Crippen LogP contribution in [0.5, 0.6) is 11.5 Å². The summed E-state index contributed by atoms with van der Waals surface area (Å²) in [7, 11) is 3.23. The van der Waals surface area contributed by atoms with E-state index in [2.05, 4.69) is 12.1 Å². The first-order chi connectivity index (χ1) is 9.65. The normalized spacial score (nSPS) is 20.8. The van der Waals surface area contributed by atoms with Crippen molar-refractivity contribution in [1.82, 2.24) is 5.16 Å². The van der Waals surface area contributed by atoms with Crippen molar-refractivity contribution in [3.8, 4) is 22.6 Å². The molecule has 1 aromatic heterocycles. The van der Waals surface area contributed by atoms with Gasteiger partial charge in [0.25, 0.3) is 0 Å². The fourth-order valence-corrected chi connectivity index (χ4v) is 2.54. The molecule has 0 radical (unpaired) electrons. The van der Waals surface area contributed by atoms with Gasteiger partial charge in [-0.15, -0.1) is 0 Å². The summed E-state index contributed by atoms with van der Waals surface area (Å²) in [6.07, 6.45) is 1.12. The highest BCUT2D eigenvalue weighted by Gasteiger charge is 2.40. The van der Waals surface area contributed by atoms with E-state index in [1.807, 2.05) is 18.2 Å². The molecule has 1 fully saturated rings. The summed E-state index contributed by atoms with van der Waals surface area (Å²) in [6.45, 7) is 2.20. The van der Waals surface area contributed by atoms with Gasteiger partial charge in [0, 0.05) is 5.92 Å². The van der Waals surface area contributed by atoms with Crippen molar-refractivity contribution in [2.75, 3.05) is 20.0 Å². The summed E-state index contributed by atoms with van der Waals surface area (Å²) in [6, 6.07) is 5.71. The standard InChI is InChI=1S/C15H18N2O3/c1-8-6-10(8)14-13(15(16)17-20-14)9-4-5-11(18-2)12(7-9)19-3/h4-5,7-8,10H,6H2,1-3H3,(H2,16,17). The Morgan fingerprint density at radius 1 is 1.25 bits per heavy atom. The minimum atomic E-state index is 0.419. The average molecular weight is 274 g/mol. The van der Waals surface area contributed by atoms with Gasteiger partial charge in [0.05, 0.1) is 19.8 Å². The van der Waals surface area contributed by atoms with Crippen molar-refractivity contribution in [3.63, 3.8) is 0 Å². The van der Waals surface area contributed by atoms with Crippen molar-refractivity contribution < 1.29 is 14.0 Å². The average Bonchev–Trinajstić information content (AvgIpc) is 3.06. The van der Waals surface area contributed by atoms with Gasteiger partial charge in [0.15, 0.2) is 17.3 Å². The smallest absolute Gasteiger partial charge is 0.175 e. The number of methoxy groups -OCH3 is 2. The second kappa shape index (κ2) is 4.74. The molecule has 5 heteroatoms. The molecular weight excluding hydrogens is 256 g/mol. The Labute approximate surface area is 117 Å². The Balaban J connectivity index is 2.07. The molecule has 3 rings (SSSR count). The zero-order chi connectivity index (χ0) is 14.3. The third-order valence-corrected chi connectivity index (χ3v) is 3.86. The molecular formula is C15H18N2O3. The molecule has 1 aliphatic rings. The van der Waals surface area contributed by atoms with E-state index in [0.717, 1.165) is 23.3 Å². The van der Waals surface area contributed by atoms with E-state index in [1.165, 1.54) is 0 Å². The molecule has 1 aliphatic carbocycles. The molecule has 2 atom stereocenters. The molecule has 20 heavy (non-hydrogen) atoms. The summed E-state index contributed by atoms with van der Waals surface area (Å²) in [5.41, 5.74) is 7.79. The van der Waals surface area contributed by atoms with Gasteiger partial charge in [-0.3, -0.25) is 0 Å². The number of aromatic nitrogens is 1. The first kappa shape index (κ1) is 12.8. The first-order valence-corrected chi connectivity index (χ1v) is 6.63. The lowest BCUT2D eigenvalue weighted by Crippen LogP contribution is -1.93. The highest BCUT2D eigenvalue weighted by Crippen LogP contribution is 2.51. The van der Waals surface area contributed by atoms with E-state index in [0.29, 0.717) is 29.2 Å². The fraction of sp³-hybridized carbons (Fsp3) is 0.400. The quantitative estimate of drug-likeness (QED) is 0.927. The van der Waals surface area contributed by atoms with Crippen LogP contribution in [0.2, 0.25) is 0 Å². The number of nitrogen functional groups attached to an aromatic ring is 1. The Hall–Kier alpha value is -2.17. The van der Waals surface area contributed by atoms with Crippen molar-refractivity contribution in [3.05, 3.63) is 24.0 Å². The topological polar surface area (TPSA) is 70.5 Å². The minimum Gasteiger partial charge on any atom is -0.493 e. The van der Waals surface area contributed by atoms with Crippen LogP contribution in [0.1, 0.15) is 25.0 Å². The Morgan fingerprint density at radius 2 is 1.95 bits per heavy atom. The molecule has 2 aromatic rings. The van der Waals surface area contributed by atoms with Crippen molar-refractivity contribution in [2.24, 2.45) is 5.92 Å². The number of rotatable bonds is 4. The molecule has 1 aromatic carbocycles. The van der Waals surface area contributed by atoms with Crippen LogP contribution >= 0.6 is 0 Å². The maximum atomic E-state index is 5.97. The molecule has 5 nitrogen and oxygen atoms in total. The maximum absolute atomic E-state index is 5.97. The molecule has 0 aliphatic heterocycles. The van der Waals surface area contributed by atoms with Gasteiger partial charge in [0.1, 0.15) is 5.76 Å². The summed E-state index contributed by atoms with van der Waals surface area (Å²) < 4.78 is 16.0. The SMILES string of the molecule is COc1ccc(-c2c(N)noc2C2CC2C)cc1OC. The van der Waals surface area contributed by atoms with Gasteiger partial charge in [0.2, 0.25) is 0 Å². The van der Waals surface area contributed by atoms with Gasteiger partial charge in [-0.25, -0.2) is 0 Å². The van der Waals surface area contributed by atoms with Crippen LogP contribution in [0.25, 0.3) is 11.1 Å². The van der Waals surface area contributed by atoms with Crippen molar-refractivity contribution in [1.29, 1.82) is 0 Å². The zero-order valence-corrected chi connectivity index (χ0v) is 11.8. The lowest BCUT2D eigenvalue weighted by molar-refractivity contribution is 0.355. The van der Waals surface area contributed by atoms with E-state index in [-0.39, 0.29) is 0 Å². The van der Waals surface area contributed by atoms with Gasteiger partial charge in [-0.05, 0) is 30.0 Å². The third kappa shape index (κ3) is 1.99. The molecule has 0 saturated heterocycles.